The van der Waals surface area contributed by atoms with Crippen LogP contribution in [-0.2, 0) is 4.79 Å². The highest BCUT2D eigenvalue weighted by Gasteiger charge is 2.40. The number of amides is 3. The number of Topliss-reactive ketones (excluding diaryl/α,β-unsaturated/α-hetero) is 1. The lowest BCUT2D eigenvalue weighted by Crippen LogP contribution is -2.45. The van der Waals surface area contributed by atoms with Gasteiger partial charge in [-0.25, -0.2) is 13.6 Å². The molecular formula is C20H19F2N3O4. The molecule has 0 saturated carbocycles. The predicted octanol–water partition coefficient (Wildman–Crippen LogP) is 2.58. The van der Waals surface area contributed by atoms with E-state index in [4.69, 9.17) is 4.74 Å². The third-order valence-corrected chi connectivity index (χ3v) is 4.68. The SMILES string of the molecule is COc1cc(F)c([C@@H]2CNC(=O)[C@H]2NC(=O)Nc2ccc(C(C)=O)cc2)c(F)c1. The van der Waals surface area contributed by atoms with Crippen molar-refractivity contribution in [1.82, 2.24) is 10.6 Å². The molecule has 9 heteroatoms. The molecule has 3 amide bonds. The Morgan fingerprint density at radius 2 is 1.76 bits per heavy atom. The summed E-state index contributed by atoms with van der Waals surface area (Å²) >= 11 is 0. The van der Waals surface area contributed by atoms with E-state index in [2.05, 4.69) is 16.0 Å². The molecule has 3 N–H and O–H groups in total. The molecule has 29 heavy (non-hydrogen) atoms. The molecule has 1 saturated heterocycles. The summed E-state index contributed by atoms with van der Waals surface area (Å²) in [6.45, 7) is 1.39. The van der Waals surface area contributed by atoms with Crippen molar-refractivity contribution in [2.24, 2.45) is 0 Å². The minimum Gasteiger partial charge on any atom is -0.497 e. The predicted molar refractivity (Wildman–Crippen MR) is 101 cm³/mol. The van der Waals surface area contributed by atoms with Crippen LogP contribution >= 0.6 is 0 Å². The molecule has 7 nitrogen and oxygen atoms in total. The highest BCUT2D eigenvalue weighted by molar-refractivity contribution is 5.97. The first kappa shape index (κ1) is 20.2. The standard InChI is InChI=1S/C20H19F2N3O4/c1-10(26)11-3-5-12(6-4-11)24-20(28)25-18-14(9-23-19(18)27)17-15(21)7-13(29-2)8-16(17)22/h3-8,14,18H,9H2,1-2H3,(H,23,27)(H2,24,25,28)/t14-,18-/m0/s1. The van der Waals surface area contributed by atoms with Gasteiger partial charge in [0.25, 0.3) is 0 Å². The van der Waals surface area contributed by atoms with Crippen molar-refractivity contribution < 1.29 is 27.9 Å². The molecule has 0 radical (unpaired) electrons. The number of ether oxygens (including phenoxy) is 1. The van der Waals surface area contributed by atoms with Crippen molar-refractivity contribution in [1.29, 1.82) is 0 Å². The molecule has 0 aromatic heterocycles. The molecule has 3 rings (SSSR count). The molecule has 0 bridgehead atoms. The van der Waals surface area contributed by atoms with Gasteiger partial charge in [0.2, 0.25) is 5.91 Å². The fourth-order valence-electron chi connectivity index (χ4n) is 3.19. The van der Waals surface area contributed by atoms with Gasteiger partial charge in [0.1, 0.15) is 23.4 Å². The largest absolute Gasteiger partial charge is 0.497 e. The Kier molecular flexibility index (Phi) is 5.76. The van der Waals surface area contributed by atoms with Gasteiger partial charge in [-0.1, -0.05) is 0 Å². The second-order valence-electron chi connectivity index (χ2n) is 6.57. The van der Waals surface area contributed by atoms with Crippen LogP contribution in [-0.4, -0.2) is 37.4 Å². The number of carbonyl (C=O) groups is 3. The first-order chi connectivity index (χ1) is 13.8. The highest BCUT2D eigenvalue weighted by Crippen LogP contribution is 2.31. The number of hydrogen-bond acceptors (Lipinski definition) is 4. The lowest BCUT2D eigenvalue weighted by molar-refractivity contribution is -0.120. The lowest BCUT2D eigenvalue weighted by Gasteiger charge is -2.20. The van der Waals surface area contributed by atoms with Crippen LogP contribution in [0.25, 0.3) is 0 Å². The summed E-state index contributed by atoms with van der Waals surface area (Å²) < 4.78 is 33.7. The number of carbonyl (C=O) groups excluding carboxylic acids is 3. The zero-order valence-corrected chi connectivity index (χ0v) is 15.7. The fraction of sp³-hybridized carbons (Fsp3) is 0.250. The molecular weight excluding hydrogens is 384 g/mol. The molecule has 1 heterocycles. The maximum absolute atomic E-state index is 14.4. The maximum atomic E-state index is 14.4. The summed E-state index contributed by atoms with van der Waals surface area (Å²) in [6, 6.07) is 6.32. The Morgan fingerprint density at radius 1 is 1.14 bits per heavy atom. The van der Waals surface area contributed by atoms with Crippen molar-refractivity contribution in [2.45, 2.75) is 18.9 Å². The van der Waals surface area contributed by atoms with Gasteiger partial charge in [-0.3, -0.25) is 9.59 Å². The molecule has 0 spiro atoms. The average molecular weight is 403 g/mol. The number of hydrogen-bond donors (Lipinski definition) is 3. The fourth-order valence-corrected chi connectivity index (χ4v) is 3.19. The first-order valence-electron chi connectivity index (χ1n) is 8.79. The van der Waals surface area contributed by atoms with Gasteiger partial charge in [0, 0.05) is 41.4 Å². The van der Waals surface area contributed by atoms with E-state index in [1.807, 2.05) is 0 Å². The molecule has 1 fully saturated rings. The molecule has 1 aliphatic rings. The minimum atomic E-state index is -1.16. The number of halogens is 2. The van der Waals surface area contributed by atoms with Gasteiger partial charge in [0.15, 0.2) is 5.78 Å². The van der Waals surface area contributed by atoms with Gasteiger partial charge >= 0.3 is 6.03 Å². The van der Waals surface area contributed by atoms with Crippen molar-refractivity contribution in [3.63, 3.8) is 0 Å². The molecule has 1 aliphatic heterocycles. The van der Waals surface area contributed by atoms with Crippen LogP contribution in [0.4, 0.5) is 19.3 Å². The van der Waals surface area contributed by atoms with E-state index in [0.717, 1.165) is 12.1 Å². The highest BCUT2D eigenvalue weighted by atomic mass is 19.1. The molecule has 0 unspecified atom stereocenters. The number of ketones is 1. The summed E-state index contributed by atoms with van der Waals surface area (Å²) in [5.74, 6) is -3.32. The van der Waals surface area contributed by atoms with E-state index < -0.39 is 35.5 Å². The molecule has 0 aliphatic carbocycles. The van der Waals surface area contributed by atoms with Crippen molar-refractivity contribution >= 4 is 23.4 Å². The number of methoxy groups -OCH3 is 1. The topological polar surface area (TPSA) is 96.5 Å². The second-order valence-corrected chi connectivity index (χ2v) is 6.57. The smallest absolute Gasteiger partial charge is 0.319 e. The quantitative estimate of drug-likeness (QED) is 0.669. The molecule has 2 atom stereocenters. The Labute approximate surface area is 165 Å². The first-order valence-corrected chi connectivity index (χ1v) is 8.79. The molecule has 152 valence electrons. The summed E-state index contributed by atoms with van der Waals surface area (Å²) in [6.07, 6.45) is 0. The Hall–Kier alpha value is -3.49. The summed E-state index contributed by atoms with van der Waals surface area (Å²) in [4.78, 5) is 35.8. The van der Waals surface area contributed by atoms with Crippen LogP contribution in [0.3, 0.4) is 0 Å². The van der Waals surface area contributed by atoms with Gasteiger partial charge < -0.3 is 20.7 Å². The van der Waals surface area contributed by atoms with Crippen molar-refractivity contribution in [3.8, 4) is 5.75 Å². The summed E-state index contributed by atoms with van der Waals surface area (Å²) in [7, 11) is 1.28. The number of benzene rings is 2. The van der Waals surface area contributed by atoms with Crippen molar-refractivity contribution in [2.75, 3.05) is 19.0 Å². The number of urea groups is 1. The third-order valence-electron chi connectivity index (χ3n) is 4.68. The van der Waals surface area contributed by atoms with Crippen LogP contribution < -0.4 is 20.7 Å². The van der Waals surface area contributed by atoms with Crippen molar-refractivity contribution in [3.05, 3.63) is 59.2 Å². The van der Waals surface area contributed by atoms with Gasteiger partial charge in [-0.2, -0.15) is 0 Å². The van der Waals surface area contributed by atoms with Crippen LogP contribution in [0, 0.1) is 11.6 Å². The molecule has 2 aromatic carbocycles. The maximum Gasteiger partial charge on any atom is 0.319 e. The van der Waals surface area contributed by atoms with E-state index in [1.54, 1.807) is 12.1 Å². The number of anilines is 1. The Bertz CT molecular complexity index is 940. The Balaban J connectivity index is 1.76. The zero-order chi connectivity index (χ0) is 21.1. The van der Waals surface area contributed by atoms with E-state index in [-0.39, 0.29) is 23.6 Å². The zero-order valence-electron chi connectivity index (χ0n) is 15.7. The average Bonchev–Trinajstić information content (AvgIpc) is 3.01. The second kappa shape index (κ2) is 8.26. The monoisotopic (exact) mass is 403 g/mol. The summed E-state index contributed by atoms with van der Waals surface area (Å²) in [5, 5.41) is 7.49. The van der Waals surface area contributed by atoms with Crippen LogP contribution in [0.15, 0.2) is 36.4 Å². The summed E-state index contributed by atoms with van der Waals surface area (Å²) in [5.41, 5.74) is 0.571. The number of nitrogens with one attached hydrogen (secondary N) is 3. The lowest BCUT2D eigenvalue weighted by atomic mass is 9.93. The molecule has 2 aromatic rings. The van der Waals surface area contributed by atoms with E-state index in [1.165, 1.54) is 26.2 Å². The van der Waals surface area contributed by atoms with E-state index in [9.17, 15) is 23.2 Å². The van der Waals surface area contributed by atoms with E-state index >= 15 is 0 Å². The van der Waals surface area contributed by atoms with Gasteiger partial charge in [-0.05, 0) is 31.2 Å². The number of rotatable bonds is 5. The third kappa shape index (κ3) is 4.34. The van der Waals surface area contributed by atoms with Gasteiger partial charge in [-0.15, -0.1) is 0 Å². The Morgan fingerprint density at radius 3 is 2.31 bits per heavy atom. The van der Waals surface area contributed by atoms with Crippen LogP contribution in [0.1, 0.15) is 28.8 Å². The normalized spacial score (nSPS) is 18.1. The van der Waals surface area contributed by atoms with Gasteiger partial charge in [0.05, 0.1) is 7.11 Å². The van der Waals surface area contributed by atoms with Crippen LogP contribution in [0.2, 0.25) is 0 Å². The van der Waals surface area contributed by atoms with E-state index in [0.29, 0.717) is 11.3 Å². The van der Waals surface area contributed by atoms with Crippen LogP contribution in [0.5, 0.6) is 5.75 Å². The minimum absolute atomic E-state index is 0.0114.